The first-order chi connectivity index (χ1) is 10.3. The Kier molecular flexibility index (Phi) is 6.50. The summed E-state index contributed by atoms with van der Waals surface area (Å²) in [5.74, 6) is -0.667. The van der Waals surface area contributed by atoms with Crippen LogP contribution in [0.3, 0.4) is 0 Å². The smallest absolute Gasteiger partial charge is 0.248 e. The van der Waals surface area contributed by atoms with Gasteiger partial charge in [-0.2, -0.15) is 0 Å². The molecule has 0 fully saturated rings. The molecule has 0 spiro atoms. The first kappa shape index (κ1) is 17.6. The third-order valence-electron chi connectivity index (χ3n) is 3.25. The van der Waals surface area contributed by atoms with E-state index in [1.165, 1.54) is 13.0 Å². The lowest BCUT2D eigenvalue weighted by atomic mass is 10.1. The summed E-state index contributed by atoms with van der Waals surface area (Å²) in [6, 6.07) is 6.65. The van der Waals surface area contributed by atoms with Gasteiger partial charge in [-0.15, -0.1) is 0 Å². The van der Waals surface area contributed by atoms with Crippen molar-refractivity contribution < 1.29 is 14.4 Å². The van der Waals surface area contributed by atoms with E-state index in [2.05, 4.69) is 10.6 Å². The van der Waals surface area contributed by atoms with Gasteiger partial charge in [0, 0.05) is 28.9 Å². The minimum atomic E-state index is -0.382. The van der Waals surface area contributed by atoms with Crippen LogP contribution in [0.25, 0.3) is 0 Å². The van der Waals surface area contributed by atoms with Crippen LogP contribution in [0.15, 0.2) is 35.9 Å². The number of amides is 2. The van der Waals surface area contributed by atoms with Gasteiger partial charge in [-0.3, -0.25) is 14.4 Å². The van der Waals surface area contributed by atoms with Crippen LogP contribution in [0.4, 0.5) is 5.69 Å². The molecule has 1 aromatic carbocycles. The highest BCUT2D eigenvalue weighted by Crippen LogP contribution is 2.10. The average Bonchev–Trinajstić information content (AvgIpc) is 2.47. The normalized spacial score (nSPS) is 12.5. The summed E-state index contributed by atoms with van der Waals surface area (Å²) in [7, 11) is 0. The van der Waals surface area contributed by atoms with Crippen LogP contribution in [-0.2, 0) is 9.59 Å². The number of benzene rings is 1. The maximum absolute atomic E-state index is 11.9. The van der Waals surface area contributed by atoms with Crippen molar-refractivity contribution in [2.45, 2.75) is 40.2 Å². The van der Waals surface area contributed by atoms with E-state index in [0.29, 0.717) is 16.8 Å². The van der Waals surface area contributed by atoms with Gasteiger partial charge in [0.1, 0.15) is 0 Å². The molecule has 0 aromatic heterocycles. The molecule has 0 aliphatic rings. The monoisotopic (exact) mass is 302 g/mol. The molecule has 0 saturated heterocycles. The predicted molar refractivity (Wildman–Crippen MR) is 86.7 cm³/mol. The lowest BCUT2D eigenvalue weighted by molar-refractivity contribution is -0.118. The molecule has 0 heterocycles. The van der Waals surface area contributed by atoms with Crippen molar-refractivity contribution in [3.05, 3.63) is 41.5 Å². The summed E-state index contributed by atoms with van der Waals surface area (Å²) in [6.07, 6.45) is 2.09. The molecule has 2 N–H and O–H groups in total. The molecule has 118 valence electrons. The maximum Gasteiger partial charge on any atom is 0.248 e. The second-order valence-corrected chi connectivity index (χ2v) is 5.23. The van der Waals surface area contributed by atoms with E-state index in [9.17, 15) is 14.4 Å². The van der Waals surface area contributed by atoms with E-state index in [0.717, 1.165) is 6.42 Å². The fourth-order valence-corrected chi connectivity index (χ4v) is 1.67. The maximum atomic E-state index is 11.9. The van der Waals surface area contributed by atoms with Gasteiger partial charge in [0.25, 0.3) is 0 Å². The van der Waals surface area contributed by atoms with Crippen LogP contribution < -0.4 is 10.6 Å². The predicted octanol–water partition coefficient (Wildman–Crippen LogP) is 2.69. The Balaban J connectivity index is 2.66. The standard InChI is InChI=1S/C17H22N2O3/c1-5-12(3)18-17(22)11(2)10-16(21)19-15-8-6-14(7-9-15)13(4)20/h6-10,12H,5H2,1-4H3,(H,18,22)(H,19,21)/b11-10-. The molecule has 22 heavy (non-hydrogen) atoms. The SMILES string of the molecule is CCC(C)NC(=O)/C(C)=C\C(=O)Nc1ccc(C(C)=O)cc1. The molecule has 5 nitrogen and oxygen atoms in total. The number of hydrogen-bond donors (Lipinski definition) is 2. The van der Waals surface area contributed by atoms with Crippen molar-refractivity contribution in [2.75, 3.05) is 5.32 Å². The molecule has 0 bridgehead atoms. The van der Waals surface area contributed by atoms with Gasteiger partial charge in [0.15, 0.2) is 5.78 Å². The summed E-state index contributed by atoms with van der Waals surface area (Å²) in [4.78, 5) is 34.9. The van der Waals surface area contributed by atoms with Crippen molar-refractivity contribution in [3.8, 4) is 0 Å². The summed E-state index contributed by atoms with van der Waals surface area (Å²) < 4.78 is 0. The van der Waals surface area contributed by atoms with Gasteiger partial charge < -0.3 is 10.6 Å². The van der Waals surface area contributed by atoms with Crippen LogP contribution >= 0.6 is 0 Å². The highest BCUT2D eigenvalue weighted by atomic mass is 16.2. The quantitative estimate of drug-likeness (QED) is 0.626. The first-order valence-electron chi connectivity index (χ1n) is 7.24. The highest BCUT2D eigenvalue weighted by molar-refractivity contribution is 6.06. The van der Waals surface area contributed by atoms with Gasteiger partial charge >= 0.3 is 0 Å². The number of hydrogen-bond acceptors (Lipinski definition) is 3. The van der Waals surface area contributed by atoms with Crippen LogP contribution in [0.5, 0.6) is 0 Å². The van der Waals surface area contributed by atoms with Crippen LogP contribution in [0.2, 0.25) is 0 Å². The number of anilines is 1. The molecule has 0 aliphatic heterocycles. The number of rotatable bonds is 6. The van der Waals surface area contributed by atoms with E-state index < -0.39 is 0 Å². The van der Waals surface area contributed by atoms with E-state index in [1.807, 2.05) is 13.8 Å². The summed E-state index contributed by atoms with van der Waals surface area (Å²) >= 11 is 0. The minimum Gasteiger partial charge on any atom is -0.350 e. The molecule has 1 unspecified atom stereocenters. The number of nitrogens with one attached hydrogen (secondary N) is 2. The summed E-state index contributed by atoms with van der Waals surface area (Å²) in [5.41, 5.74) is 1.50. The Morgan fingerprint density at radius 2 is 1.73 bits per heavy atom. The van der Waals surface area contributed by atoms with Gasteiger partial charge in [0.2, 0.25) is 11.8 Å². The third-order valence-corrected chi connectivity index (χ3v) is 3.25. The largest absolute Gasteiger partial charge is 0.350 e. The van der Waals surface area contributed by atoms with Gasteiger partial charge in [-0.25, -0.2) is 0 Å². The second kappa shape index (κ2) is 8.12. The molecule has 1 rings (SSSR count). The number of carbonyl (C=O) groups excluding carboxylic acids is 3. The molecule has 0 saturated carbocycles. The van der Waals surface area contributed by atoms with Gasteiger partial charge in [-0.05, 0) is 51.5 Å². The zero-order chi connectivity index (χ0) is 16.7. The Morgan fingerprint density at radius 3 is 2.23 bits per heavy atom. The van der Waals surface area contributed by atoms with Crippen molar-refractivity contribution in [2.24, 2.45) is 0 Å². The molecule has 2 amide bonds. The second-order valence-electron chi connectivity index (χ2n) is 5.23. The molecule has 0 radical (unpaired) electrons. The molecule has 0 aliphatic carbocycles. The third kappa shape index (κ3) is 5.52. The van der Waals surface area contributed by atoms with E-state index in [1.54, 1.807) is 31.2 Å². The average molecular weight is 302 g/mol. The number of ketones is 1. The first-order valence-corrected chi connectivity index (χ1v) is 7.24. The Labute approximate surface area is 130 Å². The number of carbonyl (C=O) groups is 3. The fraction of sp³-hybridized carbons (Fsp3) is 0.353. The van der Waals surface area contributed by atoms with E-state index >= 15 is 0 Å². The minimum absolute atomic E-state index is 0.0321. The Hall–Kier alpha value is -2.43. The molecule has 5 heteroatoms. The molecule has 1 atom stereocenters. The zero-order valence-electron chi connectivity index (χ0n) is 13.4. The molecular formula is C17H22N2O3. The number of Topliss-reactive ketones (excluding diaryl/α,β-unsaturated/α-hetero) is 1. The highest BCUT2D eigenvalue weighted by Gasteiger charge is 2.09. The van der Waals surface area contributed by atoms with Crippen molar-refractivity contribution in [1.82, 2.24) is 5.32 Å². The Morgan fingerprint density at radius 1 is 1.14 bits per heavy atom. The van der Waals surface area contributed by atoms with Crippen LogP contribution in [0.1, 0.15) is 44.5 Å². The fourth-order valence-electron chi connectivity index (χ4n) is 1.67. The lowest BCUT2D eigenvalue weighted by Crippen LogP contribution is -2.32. The Bertz CT molecular complexity index is 588. The van der Waals surface area contributed by atoms with Gasteiger partial charge in [-0.1, -0.05) is 6.92 Å². The van der Waals surface area contributed by atoms with E-state index in [-0.39, 0.29) is 23.6 Å². The van der Waals surface area contributed by atoms with Crippen molar-refractivity contribution in [3.63, 3.8) is 0 Å². The lowest BCUT2D eigenvalue weighted by Gasteiger charge is -2.11. The zero-order valence-corrected chi connectivity index (χ0v) is 13.4. The van der Waals surface area contributed by atoms with Crippen LogP contribution in [-0.4, -0.2) is 23.6 Å². The van der Waals surface area contributed by atoms with Crippen molar-refractivity contribution >= 4 is 23.3 Å². The van der Waals surface area contributed by atoms with Gasteiger partial charge in [0.05, 0.1) is 0 Å². The van der Waals surface area contributed by atoms with E-state index in [4.69, 9.17) is 0 Å². The molecule has 1 aromatic rings. The van der Waals surface area contributed by atoms with Crippen LogP contribution in [0, 0.1) is 0 Å². The van der Waals surface area contributed by atoms with Crippen molar-refractivity contribution in [1.29, 1.82) is 0 Å². The summed E-state index contributed by atoms with van der Waals surface area (Å²) in [6.45, 7) is 6.95. The summed E-state index contributed by atoms with van der Waals surface area (Å²) in [5, 5.41) is 5.45. The molecular weight excluding hydrogens is 280 g/mol. The topological polar surface area (TPSA) is 75.3 Å².